The molecular weight excluding hydrogens is 266 g/mol. The van der Waals surface area contributed by atoms with Gasteiger partial charge in [-0.25, -0.2) is 0 Å². The minimum atomic E-state index is 0.136. The summed E-state index contributed by atoms with van der Waals surface area (Å²) in [6, 6.07) is 8.16. The van der Waals surface area contributed by atoms with Gasteiger partial charge in [-0.05, 0) is 25.0 Å². The lowest BCUT2D eigenvalue weighted by Crippen LogP contribution is -2.60. The van der Waals surface area contributed by atoms with Gasteiger partial charge in [-0.1, -0.05) is 37.2 Å². The van der Waals surface area contributed by atoms with Gasteiger partial charge in [0.25, 0.3) is 0 Å². The first-order valence-corrected chi connectivity index (χ1v) is 7.40. The van der Waals surface area contributed by atoms with Gasteiger partial charge in [-0.15, -0.1) is 0 Å². The van der Waals surface area contributed by atoms with E-state index in [0.29, 0.717) is 12.1 Å². The van der Waals surface area contributed by atoms with Crippen molar-refractivity contribution in [2.45, 2.75) is 45.9 Å². The van der Waals surface area contributed by atoms with Gasteiger partial charge in [0.05, 0.1) is 6.10 Å². The van der Waals surface area contributed by atoms with Crippen LogP contribution in [0.15, 0.2) is 29.4 Å². The van der Waals surface area contributed by atoms with E-state index in [-0.39, 0.29) is 11.3 Å². The molecule has 5 nitrogen and oxygen atoms in total. The number of rotatable bonds is 6. The molecule has 1 saturated carbocycles. The van der Waals surface area contributed by atoms with Crippen LogP contribution in [0.3, 0.4) is 0 Å². The fraction of sp³-hybridized carbons (Fsp3) is 0.562. The van der Waals surface area contributed by atoms with Crippen molar-refractivity contribution in [3.8, 4) is 0 Å². The second kappa shape index (κ2) is 6.45. The molecule has 2 atom stereocenters. The maximum atomic E-state index is 8.73. The molecule has 0 aliphatic heterocycles. The highest BCUT2D eigenvalue weighted by Gasteiger charge is 2.48. The van der Waals surface area contributed by atoms with E-state index in [4.69, 9.17) is 15.7 Å². The van der Waals surface area contributed by atoms with Crippen LogP contribution in [0.25, 0.3) is 0 Å². The average molecular weight is 291 g/mol. The normalized spacial score (nSPS) is 24.6. The van der Waals surface area contributed by atoms with Gasteiger partial charge >= 0.3 is 0 Å². The summed E-state index contributed by atoms with van der Waals surface area (Å²) >= 11 is 0. The molecule has 0 bridgehead atoms. The Morgan fingerprint density at radius 1 is 1.52 bits per heavy atom. The van der Waals surface area contributed by atoms with Crippen LogP contribution < -0.4 is 11.1 Å². The summed E-state index contributed by atoms with van der Waals surface area (Å²) in [7, 11) is 0. The molecule has 21 heavy (non-hydrogen) atoms. The molecule has 0 spiro atoms. The predicted molar refractivity (Wildman–Crippen MR) is 83.4 cm³/mol. The number of oxime groups is 1. The lowest BCUT2D eigenvalue weighted by Gasteiger charge is -2.52. The van der Waals surface area contributed by atoms with E-state index in [0.717, 1.165) is 30.7 Å². The van der Waals surface area contributed by atoms with E-state index in [1.54, 1.807) is 0 Å². The monoisotopic (exact) mass is 291 g/mol. The van der Waals surface area contributed by atoms with E-state index in [9.17, 15) is 0 Å². The zero-order valence-electron chi connectivity index (χ0n) is 13.0. The lowest BCUT2D eigenvalue weighted by atomic mass is 9.64. The highest BCUT2D eigenvalue weighted by molar-refractivity contribution is 5.97. The molecule has 5 heteroatoms. The number of hydrogen-bond acceptors (Lipinski definition) is 4. The third-order valence-corrected chi connectivity index (χ3v) is 4.43. The third kappa shape index (κ3) is 3.36. The fourth-order valence-electron chi connectivity index (χ4n) is 2.86. The summed E-state index contributed by atoms with van der Waals surface area (Å²) < 4.78 is 5.74. The van der Waals surface area contributed by atoms with Gasteiger partial charge in [0.15, 0.2) is 5.84 Å². The van der Waals surface area contributed by atoms with Crippen LogP contribution in [0.1, 0.15) is 38.3 Å². The predicted octanol–water partition coefficient (Wildman–Crippen LogP) is 2.07. The maximum absolute atomic E-state index is 8.73. The van der Waals surface area contributed by atoms with Gasteiger partial charge in [0.2, 0.25) is 0 Å². The molecule has 0 aromatic heterocycles. The zero-order valence-corrected chi connectivity index (χ0v) is 13.0. The minimum Gasteiger partial charge on any atom is -0.409 e. The largest absolute Gasteiger partial charge is 0.409 e. The summed E-state index contributed by atoms with van der Waals surface area (Å²) in [6.45, 7) is 8.04. The number of nitrogens with two attached hydrogens (primary N) is 1. The Morgan fingerprint density at radius 3 is 2.90 bits per heavy atom. The number of benzene rings is 1. The third-order valence-electron chi connectivity index (χ3n) is 4.43. The average Bonchev–Trinajstić information content (AvgIpc) is 2.49. The fourth-order valence-corrected chi connectivity index (χ4v) is 2.86. The minimum absolute atomic E-state index is 0.136. The van der Waals surface area contributed by atoms with E-state index >= 15 is 0 Å². The molecule has 2 rings (SSSR count). The Labute approximate surface area is 126 Å². The molecule has 4 N–H and O–H groups in total. The number of ether oxygens (including phenoxy) is 1. The smallest absolute Gasteiger partial charge is 0.170 e. The van der Waals surface area contributed by atoms with E-state index < -0.39 is 0 Å². The summed E-state index contributed by atoms with van der Waals surface area (Å²) in [6.07, 6.45) is 1.38. The Kier molecular flexibility index (Phi) is 4.85. The molecule has 1 aliphatic carbocycles. The molecule has 1 fully saturated rings. The number of nitrogens with zero attached hydrogens (tertiary/aromatic N) is 1. The first-order valence-electron chi connectivity index (χ1n) is 7.40. The molecule has 1 aliphatic rings. The first kappa shape index (κ1) is 15.8. The van der Waals surface area contributed by atoms with E-state index in [1.165, 1.54) is 0 Å². The van der Waals surface area contributed by atoms with Crippen LogP contribution in [0.4, 0.5) is 0 Å². The number of amidine groups is 1. The van der Waals surface area contributed by atoms with Crippen LogP contribution in [-0.2, 0) is 11.3 Å². The van der Waals surface area contributed by atoms with Crippen LogP contribution in [0, 0.1) is 5.41 Å². The second-order valence-corrected chi connectivity index (χ2v) is 6.12. The van der Waals surface area contributed by atoms with Crippen molar-refractivity contribution < 1.29 is 9.94 Å². The van der Waals surface area contributed by atoms with Crippen molar-refractivity contribution in [2.24, 2.45) is 16.3 Å². The molecule has 0 heterocycles. The van der Waals surface area contributed by atoms with Crippen LogP contribution >= 0.6 is 0 Å². The Balaban J connectivity index is 1.93. The van der Waals surface area contributed by atoms with E-state index in [2.05, 4.69) is 24.3 Å². The SMILES string of the molecule is CCOC1CC(NCc2cccc(/C(N)=N/O)c2)C1(C)C. The van der Waals surface area contributed by atoms with Crippen molar-refractivity contribution in [1.82, 2.24) is 5.32 Å². The maximum Gasteiger partial charge on any atom is 0.170 e. The molecule has 0 amide bonds. The highest BCUT2D eigenvalue weighted by Crippen LogP contribution is 2.42. The Morgan fingerprint density at radius 2 is 2.29 bits per heavy atom. The Hall–Kier alpha value is -1.59. The number of nitrogens with one attached hydrogen (secondary N) is 1. The second-order valence-electron chi connectivity index (χ2n) is 6.12. The van der Waals surface area contributed by atoms with Crippen molar-refractivity contribution in [1.29, 1.82) is 0 Å². The molecule has 1 aromatic rings. The van der Waals surface area contributed by atoms with E-state index in [1.807, 2.05) is 31.2 Å². The standard InChI is InChI=1S/C16H25N3O2/c1-4-21-14-9-13(16(14,2)3)18-10-11-6-5-7-12(8-11)15(17)19-20/h5-8,13-14,18,20H,4,9-10H2,1-3H3,(H2,17,19). The quantitative estimate of drug-likeness (QED) is 0.324. The van der Waals surface area contributed by atoms with Crippen molar-refractivity contribution in [3.63, 3.8) is 0 Å². The molecular formula is C16H25N3O2. The van der Waals surface area contributed by atoms with Gasteiger partial charge in [-0.3, -0.25) is 0 Å². The van der Waals surface area contributed by atoms with Crippen molar-refractivity contribution in [3.05, 3.63) is 35.4 Å². The summed E-state index contributed by atoms with van der Waals surface area (Å²) in [5, 5.41) is 15.3. The summed E-state index contributed by atoms with van der Waals surface area (Å²) in [4.78, 5) is 0. The molecule has 1 aromatic carbocycles. The summed E-state index contributed by atoms with van der Waals surface area (Å²) in [5.74, 6) is 0.136. The van der Waals surface area contributed by atoms with Gasteiger partial charge in [0.1, 0.15) is 0 Å². The van der Waals surface area contributed by atoms with Crippen LogP contribution in [0.5, 0.6) is 0 Å². The molecule has 0 radical (unpaired) electrons. The van der Waals surface area contributed by atoms with Gasteiger partial charge < -0.3 is 21.0 Å². The lowest BCUT2D eigenvalue weighted by molar-refractivity contribution is -0.114. The molecule has 2 unspecified atom stereocenters. The van der Waals surface area contributed by atoms with Crippen LogP contribution in [-0.4, -0.2) is 29.8 Å². The first-order chi connectivity index (χ1) is 9.98. The Bertz CT molecular complexity index is 514. The summed E-state index contributed by atoms with van der Waals surface area (Å²) in [5.41, 5.74) is 7.62. The van der Waals surface area contributed by atoms with Crippen molar-refractivity contribution >= 4 is 5.84 Å². The van der Waals surface area contributed by atoms with Gasteiger partial charge in [0, 0.05) is 30.2 Å². The highest BCUT2D eigenvalue weighted by atomic mass is 16.5. The zero-order chi connectivity index (χ0) is 15.5. The molecule has 116 valence electrons. The number of hydrogen-bond donors (Lipinski definition) is 3. The van der Waals surface area contributed by atoms with Gasteiger partial charge in [-0.2, -0.15) is 0 Å². The van der Waals surface area contributed by atoms with Crippen LogP contribution in [0.2, 0.25) is 0 Å². The molecule has 0 saturated heterocycles. The topological polar surface area (TPSA) is 79.9 Å². The van der Waals surface area contributed by atoms with Crippen molar-refractivity contribution in [2.75, 3.05) is 6.61 Å².